The third-order valence-electron chi connectivity index (χ3n) is 4.58. The molecule has 1 aliphatic heterocycles. The molecular formula is C20H33N3O2. The van der Waals surface area contributed by atoms with Crippen molar-refractivity contribution in [3.8, 4) is 0 Å². The molecule has 1 fully saturated rings. The number of benzene rings is 1. The van der Waals surface area contributed by atoms with E-state index in [1.54, 1.807) is 0 Å². The van der Waals surface area contributed by atoms with Gasteiger partial charge in [0.15, 0.2) is 0 Å². The lowest BCUT2D eigenvalue weighted by Crippen LogP contribution is -2.49. The number of carbonyl (C=O) groups is 1. The molecule has 0 spiro atoms. The first-order valence-corrected chi connectivity index (χ1v) is 9.34. The van der Waals surface area contributed by atoms with Crippen molar-refractivity contribution in [3.63, 3.8) is 0 Å². The van der Waals surface area contributed by atoms with Crippen LogP contribution in [0.2, 0.25) is 0 Å². The molecule has 2 rings (SSSR count). The molecule has 5 nitrogen and oxygen atoms in total. The summed E-state index contributed by atoms with van der Waals surface area (Å²) in [6, 6.07) is 6.08. The second-order valence-corrected chi connectivity index (χ2v) is 7.40. The van der Waals surface area contributed by atoms with E-state index >= 15 is 0 Å². The normalized spacial score (nSPS) is 16.4. The second-order valence-electron chi connectivity index (χ2n) is 7.40. The van der Waals surface area contributed by atoms with Gasteiger partial charge in [-0.15, -0.1) is 0 Å². The van der Waals surface area contributed by atoms with Crippen LogP contribution in [0.25, 0.3) is 0 Å². The molecule has 25 heavy (non-hydrogen) atoms. The number of anilines is 1. The number of aryl methyl sites for hydroxylation is 2. The van der Waals surface area contributed by atoms with Gasteiger partial charge in [-0.3, -0.25) is 14.6 Å². The fourth-order valence-electron chi connectivity index (χ4n) is 3.08. The predicted molar refractivity (Wildman–Crippen MR) is 103 cm³/mol. The van der Waals surface area contributed by atoms with E-state index in [0.717, 1.165) is 62.8 Å². The Morgan fingerprint density at radius 1 is 1.12 bits per heavy atom. The van der Waals surface area contributed by atoms with Gasteiger partial charge < -0.3 is 10.1 Å². The van der Waals surface area contributed by atoms with Crippen molar-refractivity contribution < 1.29 is 9.53 Å². The molecule has 1 saturated heterocycles. The zero-order chi connectivity index (χ0) is 18.2. The van der Waals surface area contributed by atoms with E-state index in [0.29, 0.717) is 12.5 Å². The SMILES string of the molecule is Cc1cccc(C)c1NC(=O)CN1CCN(CCOCC(C)C)CC1. The fraction of sp³-hybridized carbons (Fsp3) is 0.650. The van der Waals surface area contributed by atoms with E-state index in [2.05, 4.69) is 29.0 Å². The van der Waals surface area contributed by atoms with Gasteiger partial charge in [-0.25, -0.2) is 0 Å². The number of nitrogens with one attached hydrogen (secondary N) is 1. The van der Waals surface area contributed by atoms with Crippen molar-refractivity contribution in [1.82, 2.24) is 9.80 Å². The Labute approximate surface area is 152 Å². The average Bonchev–Trinajstić information content (AvgIpc) is 2.56. The molecule has 140 valence electrons. The fourth-order valence-corrected chi connectivity index (χ4v) is 3.08. The summed E-state index contributed by atoms with van der Waals surface area (Å²) in [5.74, 6) is 0.665. The van der Waals surface area contributed by atoms with E-state index in [9.17, 15) is 4.79 Å². The van der Waals surface area contributed by atoms with Crippen LogP contribution >= 0.6 is 0 Å². The third kappa shape index (κ3) is 6.77. The van der Waals surface area contributed by atoms with Crippen molar-refractivity contribution in [2.75, 3.05) is 57.8 Å². The maximum Gasteiger partial charge on any atom is 0.238 e. The van der Waals surface area contributed by atoms with Gasteiger partial charge in [0.25, 0.3) is 0 Å². The van der Waals surface area contributed by atoms with E-state index in [-0.39, 0.29) is 5.91 Å². The topological polar surface area (TPSA) is 44.8 Å². The van der Waals surface area contributed by atoms with E-state index in [1.807, 2.05) is 32.0 Å². The molecule has 1 heterocycles. The average molecular weight is 348 g/mol. The third-order valence-corrected chi connectivity index (χ3v) is 4.58. The minimum absolute atomic E-state index is 0.0751. The van der Waals surface area contributed by atoms with Crippen LogP contribution in [0.3, 0.4) is 0 Å². The van der Waals surface area contributed by atoms with Gasteiger partial charge in [0, 0.05) is 45.0 Å². The van der Waals surface area contributed by atoms with E-state index in [1.165, 1.54) is 0 Å². The van der Waals surface area contributed by atoms with Crippen LogP contribution in [0.1, 0.15) is 25.0 Å². The Kier molecular flexibility index (Phi) is 7.88. The highest BCUT2D eigenvalue weighted by Crippen LogP contribution is 2.19. The summed E-state index contributed by atoms with van der Waals surface area (Å²) in [6.07, 6.45) is 0. The summed E-state index contributed by atoms with van der Waals surface area (Å²) in [5, 5.41) is 3.08. The summed E-state index contributed by atoms with van der Waals surface area (Å²) in [5.41, 5.74) is 3.17. The number of amides is 1. The maximum atomic E-state index is 12.4. The predicted octanol–water partition coefficient (Wildman–Crippen LogP) is 2.53. The number of para-hydroxylation sites is 1. The van der Waals surface area contributed by atoms with Crippen molar-refractivity contribution >= 4 is 11.6 Å². The molecule has 1 aliphatic rings. The van der Waals surface area contributed by atoms with Gasteiger partial charge in [-0.2, -0.15) is 0 Å². The van der Waals surface area contributed by atoms with Crippen molar-refractivity contribution in [3.05, 3.63) is 29.3 Å². The highest BCUT2D eigenvalue weighted by atomic mass is 16.5. The van der Waals surface area contributed by atoms with Crippen molar-refractivity contribution in [2.24, 2.45) is 5.92 Å². The van der Waals surface area contributed by atoms with Gasteiger partial charge in [-0.05, 0) is 30.9 Å². The molecule has 0 radical (unpaired) electrons. The molecule has 0 atom stereocenters. The monoisotopic (exact) mass is 347 g/mol. The first-order chi connectivity index (χ1) is 12.0. The lowest BCUT2D eigenvalue weighted by molar-refractivity contribution is -0.117. The minimum Gasteiger partial charge on any atom is -0.380 e. The van der Waals surface area contributed by atoms with Gasteiger partial charge in [0.05, 0.1) is 13.2 Å². The summed E-state index contributed by atoms with van der Waals surface area (Å²) in [6.45, 7) is 15.3. The smallest absolute Gasteiger partial charge is 0.238 e. The molecule has 5 heteroatoms. The van der Waals surface area contributed by atoms with Gasteiger partial charge in [0.1, 0.15) is 0 Å². The first-order valence-electron chi connectivity index (χ1n) is 9.34. The van der Waals surface area contributed by atoms with Crippen molar-refractivity contribution in [2.45, 2.75) is 27.7 Å². The Morgan fingerprint density at radius 3 is 2.32 bits per heavy atom. The van der Waals surface area contributed by atoms with E-state index < -0.39 is 0 Å². The van der Waals surface area contributed by atoms with Crippen LogP contribution in [0.5, 0.6) is 0 Å². The summed E-state index contributed by atoms with van der Waals surface area (Å²) >= 11 is 0. The molecule has 1 amide bonds. The number of nitrogens with zero attached hydrogens (tertiary/aromatic N) is 2. The molecule has 0 aromatic heterocycles. The van der Waals surface area contributed by atoms with Crippen LogP contribution in [-0.2, 0) is 9.53 Å². The molecule has 0 aliphatic carbocycles. The Morgan fingerprint density at radius 2 is 1.72 bits per heavy atom. The number of hydrogen-bond acceptors (Lipinski definition) is 4. The van der Waals surface area contributed by atoms with Crippen LogP contribution < -0.4 is 5.32 Å². The molecule has 0 saturated carbocycles. The van der Waals surface area contributed by atoms with Crippen LogP contribution in [0.15, 0.2) is 18.2 Å². The van der Waals surface area contributed by atoms with Crippen molar-refractivity contribution in [1.29, 1.82) is 0 Å². The van der Waals surface area contributed by atoms with Gasteiger partial charge in [-0.1, -0.05) is 32.0 Å². The Bertz CT molecular complexity index is 532. The largest absolute Gasteiger partial charge is 0.380 e. The van der Waals surface area contributed by atoms with Crippen LogP contribution in [-0.4, -0.2) is 68.2 Å². The molecule has 0 bridgehead atoms. The maximum absolute atomic E-state index is 12.4. The first kappa shape index (κ1) is 19.9. The lowest BCUT2D eigenvalue weighted by atomic mass is 10.1. The Hall–Kier alpha value is -1.43. The van der Waals surface area contributed by atoms with E-state index in [4.69, 9.17) is 4.74 Å². The second kappa shape index (κ2) is 9.90. The van der Waals surface area contributed by atoms with Crippen LogP contribution in [0, 0.1) is 19.8 Å². The zero-order valence-electron chi connectivity index (χ0n) is 16.2. The van der Waals surface area contributed by atoms with Crippen LogP contribution in [0.4, 0.5) is 5.69 Å². The number of hydrogen-bond donors (Lipinski definition) is 1. The molecular weight excluding hydrogens is 314 g/mol. The number of carbonyl (C=O) groups excluding carboxylic acids is 1. The highest BCUT2D eigenvalue weighted by molar-refractivity contribution is 5.93. The van der Waals surface area contributed by atoms with Gasteiger partial charge >= 0.3 is 0 Å². The Balaban J connectivity index is 1.68. The van der Waals surface area contributed by atoms with Gasteiger partial charge in [0.2, 0.25) is 5.91 Å². The summed E-state index contributed by atoms with van der Waals surface area (Å²) < 4.78 is 5.66. The zero-order valence-corrected chi connectivity index (χ0v) is 16.2. The quantitative estimate of drug-likeness (QED) is 0.734. The molecule has 1 N–H and O–H groups in total. The lowest BCUT2D eigenvalue weighted by Gasteiger charge is -2.34. The molecule has 1 aromatic rings. The number of ether oxygens (including phenoxy) is 1. The standard InChI is InChI=1S/C20H33N3O2/c1-16(2)15-25-13-12-22-8-10-23(11-9-22)14-19(24)21-20-17(3)6-5-7-18(20)4/h5-7,16H,8-15H2,1-4H3,(H,21,24). The number of piperazine rings is 1. The number of rotatable bonds is 8. The summed E-state index contributed by atoms with van der Waals surface area (Å²) in [4.78, 5) is 17.0. The summed E-state index contributed by atoms with van der Waals surface area (Å²) in [7, 11) is 0. The molecule has 1 aromatic carbocycles. The minimum atomic E-state index is 0.0751. The molecule has 0 unspecified atom stereocenters. The highest BCUT2D eigenvalue weighted by Gasteiger charge is 2.19.